The number of fused-ring (bicyclic) bond motifs is 4. The van der Waals surface area contributed by atoms with Crippen molar-refractivity contribution in [2.75, 3.05) is 33.3 Å². The first-order valence-electron chi connectivity index (χ1n) is 9.93. The van der Waals surface area contributed by atoms with Crippen LogP contribution in [-0.4, -0.2) is 49.7 Å². The minimum absolute atomic E-state index is 0.272. The molecule has 0 radical (unpaired) electrons. The van der Waals surface area contributed by atoms with E-state index in [2.05, 4.69) is 26.3 Å². The third kappa shape index (κ3) is 3.15. The lowest BCUT2D eigenvalue weighted by atomic mass is 9.84. The van der Waals surface area contributed by atoms with Crippen molar-refractivity contribution in [3.63, 3.8) is 0 Å². The molecule has 2 aromatic heterocycles. The van der Waals surface area contributed by atoms with Crippen LogP contribution >= 0.6 is 11.3 Å². The smallest absolute Gasteiger partial charge is 0.142 e. The maximum atomic E-state index is 5.87. The average molecular weight is 425 g/mol. The number of thiophene rings is 1. The van der Waals surface area contributed by atoms with Gasteiger partial charge in [-0.1, -0.05) is 0 Å². The molecule has 1 atom stereocenters. The lowest BCUT2D eigenvalue weighted by Gasteiger charge is -2.35. The van der Waals surface area contributed by atoms with Gasteiger partial charge in [0.1, 0.15) is 22.7 Å². The van der Waals surface area contributed by atoms with Crippen LogP contribution in [0.3, 0.4) is 0 Å². The molecule has 0 saturated carbocycles. The molecule has 0 unspecified atom stereocenters. The maximum absolute atomic E-state index is 5.87. The van der Waals surface area contributed by atoms with Crippen molar-refractivity contribution < 1.29 is 14.2 Å². The average Bonchev–Trinajstić information content (AvgIpc) is 3.36. The number of nitrogens with zero attached hydrogens (tertiary/aromatic N) is 3. The highest BCUT2D eigenvalue weighted by Crippen LogP contribution is 2.43. The third-order valence-electron chi connectivity index (χ3n) is 6.03. The fourth-order valence-electron chi connectivity index (χ4n) is 4.42. The van der Waals surface area contributed by atoms with Crippen LogP contribution in [0.1, 0.15) is 28.0 Å². The van der Waals surface area contributed by atoms with Crippen molar-refractivity contribution in [2.45, 2.75) is 31.4 Å². The quantitative estimate of drug-likeness (QED) is 0.647. The predicted octanol–water partition coefficient (Wildman–Crippen LogP) is 3.90. The van der Waals surface area contributed by atoms with Crippen molar-refractivity contribution >= 4 is 39.3 Å². The Morgan fingerprint density at radius 1 is 1.20 bits per heavy atom. The number of ether oxygens (including phenoxy) is 3. The summed E-state index contributed by atoms with van der Waals surface area (Å²) < 4.78 is 16.9. The molecule has 30 heavy (non-hydrogen) atoms. The number of methoxy groups -OCH3 is 3. The summed E-state index contributed by atoms with van der Waals surface area (Å²) in [6.45, 7) is 1.28. The molecular weight excluding hydrogens is 400 g/mol. The Balaban J connectivity index is 1.56. The van der Waals surface area contributed by atoms with Crippen molar-refractivity contribution in [3.8, 4) is 5.75 Å². The summed E-state index contributed by atoms with van der Waals surface area (Å²) in [7, 11) is 5.18. The van der Waals surface area contributed by atoms with Gasteiger partial charge in [0.05, 0.1) is 36.9 Å². The first-order chi connectivity index (χ1) is 14.7. The summed E-state index contributed by atoms with van der Waals surface area (Å²) in [5.41, 5.74) is 4.20. The van der Waals surface area contributed by atoms with Crippen LogP contribution in [0, 0.1) is 0 Å². The van der Waals surface area contributed by atoms with E-state index in [9.17, 15) is 0 Å². The fraction of sp³-hybridized carbons (Fsp3) is 0.409. The van der Waals surface area contributed by atoms with Crippen LogP contribution in [0.2, 0.25) is 0 Å². The van der Waals surface area contributed by atoms with E-state index in [-0.39, 0.29) is 5.60 Å². The molecule has 3 heterocycles. The summed E-state index contributed by atoms with van der Waals surface area (Å²) in [5, 5.41) is 4.60. The zero-order valence-corrected chi connectivity index (χ0v) is 18.1. The van der Waals surface area contributed by atoms with Crippen LogP contribution in [0.4, 0.5) is 11.5 Å². The maximum Gasteiger partial charge on any atom is 0.142 e. The van der Waals surface area contributed by atoms with Crippen molar-refractivity contribution in [2.24, 2.45) is 4.99 Å². The monoisotopic (exact) mass is 424 g/mol. The number of anilines is 2. The fourth-order valence-corrected chi connectivity index (χ4v) is 5.74. The van der Waals surface area contributed by atoms with Gasteiger partial charge in [-0.15, -0.1) is 11.3 Å². The van der Waals surface area contributed by atoms with E-state index in [1.54, 1.807) is 39.0 Å². The second kappa shape index (κ2) is 7.61. The van der Waals surface area contributed by atoms with Gasteiger partial charge in [0.15, 0.2) is 0 Å². The number of aliphatic imine (C=N–C) groups is 1. The number of aromatic nitrogens is 2. The van der Waals surface area contributed by atoms with E-state index < -0.39 is 0 Å². The zero-order chi connectivity index (χ0) is 20.7. The summed E-state index contributed by atoms with van der Waals surface area (Å²) in [6.07, 6.45) is 6.16. The van der Waals surface area contributed by atoms with Crippen molar-refractivity contribution in [1.29, 1.82) is 0 Å². The largest absolute Gasteiger partial charge is 0.495 e. The summed E-state index contributed by atoms with van der Waals surface area (Å²) in [6, 6.07) is 4.12. The van der Waals surface area contributed by atoms with E-state index in [4.69, 9.17) is 14.2 Å². The van der Waals surface area contributed by atoms with Gasteiger partial charge in [-0.25, -0.2) is 9.97 Å². The van der Waals surface area contributed by atoms with Gasteiger partial charge >= 0.3 is 0 Å². The molecule has 0 bridgehead atoms. The standard InChI is InChI=1S/C22H24N4O3S/c1-27-11-22(29-3)5-4-15-18(8-22)30-21-19(15)20(24-12-25-21)26-16-6-13-9-23-10-14(13)7-17(16)28-2/h6-7,9,12H,4-5,8,10-11H2,1-3H3,(H,24,25,26)/t22-/m0/s1. The highest BCUT2D eigenvalue weighted by molar-refractivity contribution is 7.19. The Hall–Kier alpha value is -2.55. The molecule has 0 saturated heterocycles. The van der Waals surface area contributed by atoms with Crippen LogP contribution in [-0.2, 0) is 28.9 Å². The molecule has 1 N–H and O–H groups in total. The Morgan fingerprint density at radius 3 is 2.90 bits per heavy atom. The Morgan fingerprint density at radius 2 is 2.10 bits per heavy atom. The predicted molar refractivity (Wildman–Crippen MR) is 119 cm³/mol. The van der Waals surface area contributed by atoms with E-state index >= 15 is 0 Å². The number of rotatable bonds is 6. The molecule has 1 aliphatic carbocycles. The summed E-state index contributed by atoms with van der Waals surface area (Å²) in [4.78, 5) is 15.8. The lowest BCUT2D eigenvalue weighted by molar-refractivity contribution is -0.0714. The van der Waals surface area contributed by atoms with Crippen LogP contribution in [0.25, 0.3) is 10.2 Å². The molecule has 1 aliphatic heterocycles. The minimum Gasteiger partial charge on any atom is -0.495 e. The molecule has 2 aliphatic rings. The number of hydrogen-bond acceptors (Lipinski definition) is 8. The van der Waals surface area contributed by atoms with E-state index in [1.165, 1.54) is 16.0 Å². The molecule has 156 valence electrons. The first-order valence-corrected chi connectivity index (χ1v) is 10.7. The van der Waals surface area contributed by atoms with E-state index in [0.717, 1.165) is 52.3 Å². The van der Waals surface area contributed by atoms with Gasteiger partial charge in [0.25, 0.3) is 0 Å². The molecule has 0 spiro atoms. The van der Waals surface area contributed by atoms with Gasteiger partial charge in [0, 0.05) is 31.7 Å². The Labute approximate surface area is 179 Å². The Kier molecular flexibility index (Phi) is 4.92. The number of benzene rings is 1. The highest BCUT2D eigenvalue weighted by Gasteiger charge is 2.37. The molecule has 5 rings (SSSR count). The lowest BCUT2D eigenvalue weighted by Crippen LogP contribution is -2.41. The van der Waals surface area contributed by atoms with Gasteiger partial charge in [-0.2, -0.15) is 0 Å². The van der Waals surface area contributed by atoms with Crippen molar-refractivity contribution in [1.82, 2.24) is 9.97 Å². The molecule has 0 amide bonds. The second-order valence-electron chi connectivity index (χ2n) is 7.75. The molecule has 3 aromatic rings. The first kappa shape index (κ1) is 19.4. The molecule has 8 heteroatoms. The van der Waals surface area contributed by atoms with Crippen LogP contribution in [0.5, 0.6) is 5.75 Å². The molecule has 7 nitrogen and oxygen atoms in total. The second-order valence-corrected chi connectivity index (χ2v) is 8.83. The van der Waals surface area contributed by atoms with E-state index in [1.807, 2.05) is 12.3 Å². The van der Waals surface area contributed by atoms with Gasteiger partial charge < -0.3 is 19.5 Å². The molecular formula is C22H24N4O3S. The molecule has 1 aromatic carbocycles. The van der Waals surface area contributed by atoms with Gasteiger partial charge in [-0.3, -0.25) is 4.99 Å². The topological polar surface area (TPSA) is 77.9 Å². The highest BCUT2D eigenvalue weighted by atomic mass is 32.1. The van der Waals surface area contributed by atoms with Crippen molar-refractivity contribution in [3.05, 3.63) is 40.0 Å². The van der Waals surface area contributed by atoms with E-state index in [0.29, 0.717) is 13.2 Å². The zero-order valence-electron chi connectivity index (χ0n) is 17.3. The van der Waals surface area contributed by atoms with Gasteiger partial charge in [0.2, 0.25) is 0 Å². The third-order valence-corrected chi connectivity index (χ3v) is 7.17. The van der Waals surface area contributed by atoms with Crippen LogP contribution < -0.4 is 10.1 Å². The summed E-state index contributed by atoms with van der Waals surface area (Å²) in [5.74, 6) is 1.59. The minimum atomic E-state index is -0.272. The SMILES string of the molecule is COC[C@]1(OC)CCc2c(sc3ncnc(Nc4cc5c(cc4OC)CN=C5)c23)C1. The number of nitrogens with one attached hydrogen (secondary N) is 1. The Bertz CT molecular complexity index is 1140. The normalized spacial score (nSPS) is 19.7. The molecule has 0 fully saturated rings. The van der Waals surface area contributed by atoms with Crippen LogP contribution in [0.15, 0.2) is 23.5 Å². The summed E-state index contributed by atoms with van der Waals surface area (Å²) >= 11 is 1.72. The van der Waals surface area contributed by atoms with Gasteiger partial charge in [-0.05, 0) is 41.7 Å². The number of hydrogen-bond donors (Lipinski definition) is 1. The number of aryl methyl sites for hydroxylation is 1.